The van der Waals surface area contributed by atoms with Crippen LogP contribution in [0.4, 0.5) is 10.3 Å². The van der Waals surface area contributed by atoms with Gasteiger partial charge in [0.05, 0.1) is 6.54 Å². The maximum Gasteiger partial charge on any atom is 0.332 e. The van der Waals surface area contributed by atoms with E-state index in [0.29, 0.717) is 13.1 Å². The van der Waals surface area contributed by atoms with E-state index in [1.54, 1.807) is 6.07 Å². The number of fused-ring (bicyclic) bond motifs is 1. The van der Waals surface area contributed by atoms with Crippen molar-refractivity contribution in [2.75, 3.05) is 18.4 Å². The van der Waals surface area contributed by atoms with Crippen molar-refractivity contribution < 1.29 is 9.18 Å². The predicted octanol–water partition coefficient (Wildman–Crippen LogP) is 0.823. The molecule has 2 N–H and O–H groups in total. The van der Waals surface area contributed by atoms with E-state index in [2.05, 4.69) is 15.6 Å². The summed E-state index contributed by atoms with van der Waals surface area (Å²) in [6.07, 6.45) is 0. The van der Waals surface area contributed by atoms with Crippen LogP contribution in [0.5, 0.6) is 0 Å². The Balaban J connectivity index is 2.16. The maximum absolute atomic E-state index is 14.4. The summed E-state index contributed by atoms with van der Waals surface area (Å²) in [5, 5.41) is 5.86. The number of carbonyl (C=O) groups is 1. The Morgan fingerprint density at radius 3 is 2.59 bits per heavy atom. The second-order valence-corrected chi connectivity index (χ2v) is 6.92. The molecule has 1 aromatic carbocycles. The minimum atomic E-state index is -0.557. The van der Waals surface area contributed by atoms with Gasteiger partial charge in [0, 0.05) is 44.7 Å². The average molecular weight is 423 g/mol. The summed E-state index contributed by atoms with van der Waals surface area (Å²) in [6.45, 7) is 1.95. The van der Waals surface area contributed by atoms with Crippen molar-refractivity contribution in [3.63, 3.8) is 0 Å². The largest absolute Gasteiger partial charge is 0.355 e. The van der Waals surface area contributed by atoms with Gasteiger partial charge in [0.2, 0.25) is 11.9 Å². The Hall–Kier alpha value is -3.14. The van der Waals surface area contributed by atoms with Gasteiger partial charge in [-0.3, -0.25) is 23.3 Å². The predicted molar refractivity (Wildman–Crippen MR) is 108 cm³/mol. The SMILES string of the molecule is CC(=O)NCCNc1nc2c(c(=O)n(C)c(=O)n2C)n1Cc1c(F)cccc1Cl. The van der Waals surface area contributed by atoms with Gasteiger partial charge in [0.25, 0.3) is 5.56 Å². The van der Waals surface area contributed by atoms with Crippen LogP contribution in [0.3, 0.4) is 0 Å². The zero-order valence-corrected chi connectivity index (χ0v) is 16.9. The fraction of sp³-hybridized carbons (Fsp3) is 0.333. The first-order chi connectivity index (χ1) is 13.7. The lowest BCUT2D eigenvalue weighted by molar-refractivity contribution is -0.118. The molecule has 0 unspecified atom stereocenters. The number of hydrogen-bond acceptors (Lipinski definition) is 5. The fourth-order valence-corrected chi connectivity index (χ4v) is 3.21. The molecule has 0 saturated heterocycles. The molecule has 0 fully saturated rings. The molecule has 29 heavy (non-hydrogen) atoms. The molecule has 3 aromatic rings. The van der Waals surface area contributed by atoms with Gasteiger partial charge < -0.3 is 10.6 Å². The minimum Gasteiger partial charge on any atom is -0.355 e. The van der Waals surface area contributed by atoms with Crippen LogP contribution in [-0.2, 0) is 25.4 Å². The molecule has 0 radical (unpaired) electrons. The summed E-state index contributed by atoms with van der Waals surface area (Å²) in [6, 6.07) is 4.32. The smallest absolute Gasteiger partial charge is 0.332 e. The van der Waals surface area contributed by atoms with Gasteiger partial charge in [-0.15, -0.1) is 0 Å². The van der Waals surface area contributed by atoms with Crippen molar-refractivity contribution in [2.45, 2.75) is 13.5 Å². The molecule has 2 aromatic heterocycles. The molecule has 0 aliphatic rings. The zero-order valence-electron chi connectivity index (χ0n) is 16.1. The Kier molecular flexibility index (Phi) is 5.73. The number of nitrogens with zero attached hydrogens (tertiary/aromatic N) is 4. The van der Waals surface area contributed by atoms with Crippen LogP contribution in [0.25, 0.3) is 11.2 Å². The van der Waals surface area contributed by atoms with Crippen molar-refractivity contribution in [3.8, 4) is 0 Å². The molecule has 154 valence electrons. The van der Waals surface area contributed by atoms with E-state index in [1.807, 2.05) is 0 Å². The van der Waals surface area contributed by atoms with Gasteiger partial charge >= 0.3 is 5.69 Å². The molecule has 3 rings (SSSR count). The Morgan fingerprint density at radius 1 is 1.21 bits per heavy atom. The Labute approximate surface area is 169 Å². The van der Waals surface area contributed by atoms with Gasteiger partial charge in [0.1, 0.15) is 5.82 Å². The number of rotatable bonds is 6. The number of benzene rings is 1. The fourth-order valence-electron chi connectivity index (χ4n) is 2.99. The van der Waals surface area contributed by atoms with Crippen molar-refractivity contribution in [2.24, 2.45) is 14.1 Å². The van der Waals surface area contributed by atoms with E-state index in [1.165, 1.54) is 42.3 Å². The number of aryl methyl sites for hydroxylation is 1. The van der Waals surface area contributed by atoms with E-state index >= 15 is 0 Å². The lowest BCUT2D eigenvalue weighted by Crippen LogP contribution is -2.37. The number of hydrogen-bond donors (Lipinski definition) is 2. The van der Waals surface area contributed by atoms with Crippen LogP contribution in [0, 0.1) is 5.82 Å². The summed E-state index contributed by atoms with van der Waals surface area (Å²) in [4.78, 5) is 40.5. The Bertz CT molecular complexity index is 1190. The quantitative estimate of drug-likeness (QED) is 0.572. The average Bonchev–Trinajstić information content (AvgIpc) is 3.03. The highest BCUT2D eigenvalue weighted by atomic mass is 35.5. The number of anilines is 1. The van der Waals surface area contributed by atoms with E-state index in [0.717, 1.165) is 4.57 Å². The highest BCUT2D eigenvalue weighted by Gasteiger charge is 2.21. The highest BCUT2D eigenvalue weighted by molar-refractivity contribution is 6.31. The first-order valence-electron chi connectivity index (χ1n) is 8.79. The van der Waals surface area contributed by atoms with Crippen molar-refractivity contribution >= 4 is 34.6 Å². The van der Waals surface area contributed by atoms with Gasteiger partial charge in [-0.1, -0.05) is 17.7 Å². The third-order valence-corrected chi connectivity index (χ3v) is 4.86. The number of aromatic nitrogens is 4. The molecular weight excluding hydrogens is 403 g/mol. The van der Waals surface area contributed by atoms with E-state index < -0.39 is 17.1 Å². The molecule has 0 saturated carbocycles. The van der Waals surface area contributed by atoms with Crippen molar-refractivity contribution in [1.82, 2.24) is 24.0 Å². The topological polar surface area (TPSA) is 103 Å². The van der Waals surface area contributed by atoms with Gasteiger partial charge in [-0.25, -0.2) is 9.18 Å². The van der Waals surface area contributed by atoms with Crippen LogP contribution in [0.2, 0.25) is 5.02 Å². The van der Waals surface area contributed by atoms with E-state index in [4.69, 9.17) is 11.6 Å². The first-order valence-corrected chi connectivity index (χ1v) is 9.17. The van der Waals surface area contributed by atoms with Crippen LogP contribution >= 0.6 is 11.6 Å². The lowest BCUT2D eigenvalue weighted by Gasteiger charge is -2.13. The van der Waals surface area contributed by atoms with Crippen LogP contribution in [0.1, 0.15) is 12.5 Å². The molecule has 9 nitrogen and oxygen atoms in total. The number of carbonyl (C=O) groups excluding carboxylic acids is 1. The molecule has 0 spiro atoms. The summed E-state index contributed by atoms with van der Waals surface area (Å²) in [5.74, 6) is -0.456. The van der Waals surface area contributed by atoms with Crippen LogP contribution in [-0.4, -0.2) is 37.7 Å². The maximum atomic E-state index is 14.4. The number of imidazole rings is 1. The van der Waals surface area contributed by atoms with Gasteiger partial charge in [-0.05, 0) is 12.1 Å². The normalized spacial score (nSPS) is 11.1. The third kappa shape index (κ3) is 3.88. The van der Waals surface area contributed by atoms with Crippen LogP contribution < -0.4 is 21.9 Å². The van der Waals surface area contributed by atoms with Crippen molar-refractivity contribution in [1.29, 1.82) is 0 Å². The molecule has 1 amide bonds. The monoisotopic (exact) mass is 422 g/mol. The summed E-state index contributed by atoms with van der Waals surface area (Å²) in [7, 11) is 2.86. The zero-order chi connectivity index (χ0) is 21.3. The molecule has 0 atom stereocenters. The van der Waals surface area contributed by atoms with Gasteiger partial charge in [0.15, 0.2) is 11.2 Å². The molecule has 0 aliphatic carbocycles. The molecule has 2 heterocycles. The van der Waals surface area contributed by atoms with Gasteiger partial charge in [-0.2, -0.15) is 4.98 Å². The third-order valence-electron chi connectivity index (χ3n) is 4.51. The summed E-state index contributed by atoms with van der Waals surface area (Å²) in [5.41, 5.74) is -0.600. The summed E-state index contributed by atoms with van der Waals surface area (Å²) < 4.78 is 18.1. The first kappa shape index (κ1) is 20.6. The highest BCUT2D eigenvalue weighted by Crippen LogP contribution is 2.24. The second kappa shape index (κ2) is 8.08. The minimum absolute atomic E-state index is 0.0715. The standard InChI is InChI=1S/C18H20ClFN6O3/c1-10(27)21-7-8-22-17-23-15-14(16(28)25(3)18(29)24(15)2)26(17)9-11-12(19)5-4-6-13(11)20/h4-6H,7-9H2,1-3H3,(H,21,27)(H,22,23). The lowest BCUT2D eigenvalue weighted by atomic mass is 10.2. The van der Waals surface area contributed by atoms with Crippen molar-refractivity contribution in [3.05, 3.63) is 55.4 Å². The number of halogens is 2. The van der Waals surface area contributed by atoms with E-state index in [-0.39, 0.29) is 40.2 Å². The second-order valence-electron chi connectivity index (χ2n) is 6.51. The number of amides is 1. The molecule has 0 aliphatic heterocycles. The molecule has 11 heteroatoms. The number of nitrogens with one attached hydrogen (secondary N) is 2. The Morgan fingerprint density at radius 2 is 1.93 bits per heavy atom. The molecular formula is C18H20ClFN6O3. The van der Waals surface area contributed by atoms with Crippen LogP contribution in [0.15, 0.2) is 27.8 Å². The summed E-state index contributed by atoms with van der Waals surface area (Å²) >= 11 is 6.16. The molecule has 0 bridgehead atoms. The van der Waals surface area contributed by atoms with E-state index in [9.17, 15) is 18.8 Å².